The fraction of sp³-hybridized carbons (Fsp3) is 0.524. The van der Waals surface area contributed by atoms with E-state index in [0.29, 0.717) is 31.4 Å². The molecule has 1 atom stereocenters. The number of carboxylic acid groups (broad SMARTS) is 1. The molecule has 0 bridgehead atoms. The molecule has 1 aromatic carbocycles. The summed E-state index contributed by atoms with van der Waals surface area (Å²) < 4.78 is 8.39. The number of hydrogen-bond acceptors (Lipinski definition) is 5. The predicted molar refractivity (Wildman–Crippen MR) is 106 cm³/mol. The maximum atomic E-state index is 11.7. The third-order valence-electron chi connectivity index (χ3n) is 6.18. The molecule has 3 N–H and O–H groups in total. The van der Waals surface area contributed by atoms with Gasteiger partial charge in [0.2, 0.25) is 0 Å². The molecule has 1 saturated carbocycles. The monoisotopic (exact) mass is 382 g/mol. The minimum absolute atomic E-state index is 0.527. The normalized spacial score (nSPS) is 24.2. The fourth-order valence-corrected chi connectivity index (χ4v) is 3.96. The Morgan fingerprint density at radius 2 is 2.21 bits per heavy atom. The van der Waals surface area contributed by atoms with Crippen molar-refractivity contribution in [3.8, 4) is 16.9 Å². The molecule has 7 heteroatoms. The molecular weight excluding hydrogens is 356 g/mol. The van der Waals surface area contributed by atoms with Crippen LogP contribution in [-0.2, 0) is 11.2 Å². The van der Waals surface area contributed by atoms with Crippen molar-refractivity contribution in [2.24, 2.45) is 5.92 Å². The first-order chi connectivity index (χ1) is 13.5. The topological polar surface area (TPSA) is 88.4 Å². The van der Waals surface area contributed by atoms with Crippen LogP contribution in [0.1, 0.15) is 37.8 Å². The lowest BCUT2D eigenvalue weighted by Crippen LogP contribution is -2.46. The number of fused-ring (bicyclic) bond motifs is 1. The molecule has 5 rings (SSSR count). The van der Waals surface area contributed by atoms with Gasteiger partial charge >= 0.3 is 5.97 Å². The van der Waals surface area contributed by atoms with Crippen LogP contribution >= 0.6 is 0 Å². The number of nitrogens with zero attached hydrogens (tertiary/aromatic N) is 2. The first-order valence-electron chi connectivity index (χ1n) is 10.1. The van der Waals surface area contributed by atoms with Crippen molar-refractivity contribution in [3.05, 3.63) is 30.1 Å². The zero-order valence-corrected chi connectivity index (χ0v) is 16.1. The number of carboxylic acids is 1. The summed E-state index contributed by atoms with van der Waals surface area (Å²) in [7, 11) is 0. The van der Waals surface area contributed by atoms with Gasteiger partial charge in [-0.15, -0.1) is 0 Å². The van der Waals surface area contributed by atoms with Gasteiger partial charge < -0.3 is 20.5 Å². The summed E-state index contributed by atoms with van der Waals surface area (Å²) in [5, 5.41) is 20.6. The second-order valence-corrected chi connectivity index (χ2v) is 8.51. The lowest BCUT2D eigenvalue weighted by atomic mass is 9.86. The molecule has 7 nitrogen and oxygen atoms in total. The highest BCUT2D eigenvalue weighted by Crippen LogP contribution is 2.43. The molecule has 0 radical (unpaired) electrons. The Morgan fingerprint density at radius 1 is 1.39 bits per heavy atom. The molecule has 1 aromatic heterocycles. The van der Waals surface area contributed by atoms with Crippen LogP contribution in [0.5, 0.6) is 5.75 Å². The summed E-state index contributed by atoms with van der Waals surface area (Å²) in [6.07, 6.45) is 7.61. The van der Waals surface area contributed by atoms with Gasteiger partial charge in [-0.1, -0.05) is 0 Å². The Balaban J connectivity index is 1.51. The summed E-state index contributed by atoms with van der Waals surface area (Å²) in [6.45, 7) is 4.38. The number of ether oxygens (including phenoxy) is 1. The van der Waals surface area contributed by atoms with Crippen molar-refractivity contribution in [1.82, 2.24) is 15.1 Å². The molecule has 28 heavy (non-hydrogen) atoms. The lowest BCUT2D eigenvalue weighted by molar-refractivity contribution is -0.142. The number of aromatic nitrogens is 2. The van der Waals surface area contributed by atoms with E-state index in [2.05, 4.69) is 21.9 Å². The number of carbonyl (C=O) groups is 1. The Bertz CT molecular complexity index is 916. The van der Waals surface area contributed by atoms with E-state index in [1.54, 1.807) is 6.92 Å². The van der Waals surface area contributed by atoms with Crippen LogP contribution in [0.2, 0.25) is 0 Å². The molecule has 3 aliphatic rings. The summed E-state index contributed by atoms with van der Waals surface area (Å²) in [4.78, 5) is 11.7. The summed E-state index contributed by atoms with van der Waals surface area (Å²) in [6, 6.07) is 4.55. The average molecular weight is 382 g/mol. The van der Waals surface area contributed by atoms with Crippen molar-refractivity contribution in [1.29, 1.82) is 0 Å². The number of nitrogens with one attached hydrogen (secondary N) is 2. The van der Waals surface area contributed by atoms with Gasteiger partial charge in [0, 0.05) is 47.6 Å². The van der Waals surface area contributed by atoms with Gasteiger partial charge in [0.1, 0.15) is 11.3 Å². The summed E-state index contributed by atoms with van der Waals surface area (Å²) in [5.74, 6) is 0.578. The van der Waals surface area contributed by atoms with Crippen LogP contribution in [0.15, 0.2) is 24.5 Å². The molecular formula is C21H26N4O3. The Kier molecular flexibility index (Phi) is 4.08. The number of benzene rings is 1. The average Bonchev–Trinajstić information content (AvgIpc) is 3.37. The Labute approximate surface area is 164 Å². The zero-order valence-electron chi connectivity index (χ0n) is 16.1. The second kappa shape index (κ2) is 6.51. The van der Waals surface area contributed by atoms with E-state index in [1.807, 2.05) is 23.0 Å². The van der Waals surface area contributed by atoms with Gasteiger partial charge in [-0.25, -0.2) is 4.79 Å². The zero-order chi connectivity index (χ0) is 19.3. The smallest absolute Gasteiger partial charge is 0.329 e. The van der Waals surface area contributed by atoms with Crippen molar-refractivity contribution in [2.45, 2.75) is 44.2 Å². The molecule has 0 amide bonds. The van der Waals surface area contributed by atoms with Crippen LogP contribution in [0.3, 0.4) is 0 Å². The Hall–Kier alpha value is -2.54. The van der Waals surface area contributed by atoms with Crippen LogP contribution in [0.25, 0.3) is 11.1 Å². The van der Waals surface area contributed by atoms with E-state index in [0.717, 1.165) is 41.2 Å². The highest BCUT2D eigenvalue weighted by atomic mass is 16.5. The molecule has 0 unspecified atom stereocenters. The van der Waals surface area contributed by atoms with Crippen LogP contribution in [-0.4, -0.2) is 46.1 Å². The van der Waals surface area contributed by atoms with Crippen molar-refractivity contribution in [2.75, 3.05) is 25.0 Å². The van der Waals surface area contributed by atoms with Crippen molar-refractivity contribution < 1.29 is 14.6 Å². The lowest BCUT2D eigenvalue weighted by Gasteiger charge is -2.35. The molecule has 2 aliphatic heterocycles. The van der Waals surface area contributed by atoms with Gasteiger partial charge in [-0.2, -0.15) is 5.10 Å². The molecule has 1 saturated heterocycles. The number of hydrogen-bond donors (Lipinski definition) is 3. The summed E-state index contributed by atoms with van der Waals surface area (Å²) >= 11 is 0. The molecule has 0 spiro atoms. The maximum Gasteiger partial charge on any atom is 0.329 e. The van der Waals surface area contributed by atoms with Crippen molar-refractivity contribution in [3.63, 3.8) is 0 Å². The molecule has 2 aromatic rings. The van der Waals surface area contributed by atoms with E-state index in [-0.39, 0.29) is 0 Å². The fourth-order valence-electron chi connectivity index (χ4n) is 3.96. The number of aliphatic carboxylic acids is 1. The quantitative estimate of drug-likeness (QED) is 0.712. The van der Waals surface area contributed by atoms with E-state index >= 15 is 0 Å². The first-order valence-corrected chi connectivity index (χ1v) is 10.1. The van der Waals surface area contributed by atoms with Gasteiger partial charge in [0.15, 0.2) is 0 Å². The molecule has 3 heterocycles. The first kappa shape index (κ1) is 17.6. The molecule has 1 aliphatic carbocycles. The SMILES string of the molecule is C[C@@]1(C(=O)O)CCc2c(ccc(-c3cnn(C4CC4)c3)c2OCC2CNC2)N1. The van der Waals surface area contributed by atoms with Gasteiger partial charge in [0.25, 0.3) is 0 Å². The van der Waals surface area contributed by atoms with Crippen LogP contribution in [0.4, 0.5) is 5.69 Å². The minimum atomic E-state index is -0.944. The van der Waals surface area contributed by atoms with E-state index < -0.39 is 11.5 Å². The highest BCUT2D eigenvalue weighted by Gasteiger charge is 2.38. The standard InChI is InChI=1S/C21H26N4O3/c1-21(20(26)27)7-6-17-18(24-21)5-4-16(19(17)28-12-13-8-22-9-13)14-10-23-25(11-14)15-2-3-15/h4-5,10-11,13,15,22,24H,2-3,6-9,12H2,1H3,(H,26,27)/t21-/m0/s1. The minimum Gasteiger partial charge on any atom is -0.492 e. The van der Waals surface area contributed by atoms with Gasteiger partial charge in [-0.3, -0.25) is 4.68 Å². The van der Waals surface area contributed by atoms with Crippen LogP contribution < -0.4 is 15.4 Å². The number of rotatable bonds is 6. The Morgan fingerprint density at radius 3 is 2.89 bits per heavy atom. The third-order valence-corrected chi connectivity index (χ3v) is 6.18. The van der Waals surface area contributed by atoms with E-state index in [4.69, 9.17) is 4.74 Å². The second-order valence-electron chi connectivity index (χ2n) is 8.51. The molecule has 2 fully saturated rings. The van der Waals surface area contributed by atoms with Crippen LogP contribution in [0, 0.1) is 5.92 Å². The van der Waals surface area contributed by atoms with Gasteiger partial charge in [-0.05, 0) is 44.7 Å². The number of anilines is 1. The van der Waals surface area contributed by atoms with Crippen molar-refractivity contribution >= 4 is 11.7 Å². The largest absolute Gasteiger partial charge is 0.492 e. The van der Waals surface area contributed by atoms with Gasteiger partial charge in [0.05, 0.1) is 18.8 Å². The highest BCUT2D eigenvalue weighted by molar-refractivity contribution is 5.86. The molecule has 148 valence electrons. The van der Waals surface area contributed by atoms with E-state index in [9.17, 15) is 9.90 Å². The summed E-state index contributed by atoms with van der Waals surface area (Å²) in [5.41, 5.74) is 3.08. The maximum absolute atomic E-state index is 11.7. The predicted octanol–water partition coefficient (Wildman–Crippen LogP) is 2.68. The third kappa shape index (κ3) is 3.03. The van der Waals surface area contributed by atoms with E-state index in [1.165, 1.54) is 12.8 Å².